The van der Waals surface area contributed by atoms with Crippen molar-refractivity contribution in [1.29, 1.82) is 0 Å². The van der Waals surface area contributed by atoms with Gasteiger partial charge in [-0.15, -0.1) is 0 Å². The molecule has 0 spiro atoms. The zero-order chi connectivity index (χ0) is 16.1. The van der Waals surface area contributed by atoms with Crippen LogP contribution in [0.4, 0.5) is 5.69 Å². The van der Waals surface area contributed by atoms with Gasteiger partial charge in [-0.1, -0.05) is 41.4 Å². The molecule has 0 heterocycles. The van der Waals surface area contributed by atoms with Gasteiger partial charge < -0.3 is 15.4 Å². The zero-order valence-corrected chi connectivity index (χ0v) is 14.5. The van der Waals surface area contributed by atoms with Crippen LogP contribution in [0.15, 0.2) is 42.5 Å². The minimum atomic E-state index is 0.0214. The topological polar surface area (TPSA) is 33.3 Å². The number of halogens is 2. The van der Waals surface area contributed by atoms with E-state index in [4.69, 9.17) is 40.2 Å². The molecule has 0 amide bonds. The minimum Gasteiger partial charge on any atom is -0.497 e. The summed E-state index contributed by atoms with van der Waals surface area (Å²) in [5, 5.41) is 7.66. The maximum Gasteiger partial charge on any atom is 0.171 e. The molecule has 0 radical (unpaired) electrons. The lowest BCUT2D eigenvalue weighted by molar-refractivity contribution is 0.413. The summed E-state index contributed by atoms with van der Waals surface area (Å²) >= 11 is 17.4. The molecule has 6 heteroatoms. The van der Waals surface area contributed by atoms with E-state index in [1.807, 2.05) is 43.3 Å². The van der Waals surface area contributed by atoms with E-state index in [2.05, 4.69) is 10.6 Å². The number of ether oxygens (including phenoxy) is 1. The predicted molar refractivity (Wildman–Crippen MR) is 97.2 cm³/mol. The Kier molecular flexibility index (Phi) is 5.89. The van der Waals surface area contributed by atoms with E-state index < -0.39 is 0 Å². The average molecular weight is 355 g/mol. The molecule has 0 fully saturated rings. The van der Waals surface area contributed by atoms with Gasteiger partial charge in [-0.25, -0.2) is 0 Å². The third kappa shape index (κ3) is 4.26. The summed E-state index contributed by atoms with van der Waals surface area (Å²) in [4.78, 5) is 0. The first kappa shape index (κ1) is 16.9. The van der Waals surface area contributed by atoms with Gasteiger partial charge >= 0.3 is 0 Å². The molecule has 2 aromatic carbocycles. The van der Waals surface area contributed by atoms with Crippen molar-refractivity contribution in [3.8, 4) is 5.75 Å². The Morgan fingerprint density at radius 3 is 2.64 bits per heavy atom. The standard InChI is InChI=1S/C16H16Cl2N2OS/c1-10(11-5-3-6-12(9-11)21-2)19-16(22)20-14-8-4-7-13(17)15(14)18/h3-10H,1-2H3,(H2,19,20,22)/t10-/m1/s1. The van der Waals surface area contributed by atoms with Gasteiger partial charge in [-0.3, -0.25) is 0 Å². The molecular weight excluding hydrogens is 339 g/mol. The van der Waals surface area contributed by atoms with Crippen LogP contribution in [0.2, 0.25) is 10.0 Å². The molecule has 2 aromatic rings. The van der Waals surface area contributed by atoms with Crippen molar-refractivity contribution < 1.29 is 4.74 Å². The number of thiocarbonyl (C=S) groups is 1. The van der Waals surface area contributed by atoms with Gasteiger partial charge in [0.2, 0.25) is 0 Å². The van der Waals surface area contributed by atoms with E-state index in [1.54, 1.807) is 13.2 Å². The van der Waals surface area contributed by atoms with Gasteiger partial charge in [0.05, 0.1) is 28.9 Å². The number of hydrogen-bond acceptors (Lipinski definition) is 2. The molecular formula is C16H16Cl2N2OS. The van der Waals surface area contributed by atoms with Crippen LogP contribution in [0.1, 0.15) is 18.5 Å². The van der Waals surface area contributed by atoms with Crippen LogP contribution in [-0.4, -0.2) is 12.2 Å². The molecule has 2 N–H and O–H groups in total. The number of methoxy groups -OCH3 is 1. The summed E-state index contributed by atoms with van der Waals surface area (Å²) in [5.41, 5.74) is 1.74. The van der Waals surface area contributed by atoms with Gasteiger partial charge in [0.25, 0.3) is 0 Å². The Balaban J connectivity index is 2.03. The highest BCUT2D eigenvalue weighted by atomic mass is 35.5. The minimum absolute atomic E-state index is 0.0214. The van der Waals surface area contributed by atoms with Gasteiger partial charge in [-0.05, 0) is 49.0 Å². The van der Waals surface area contributed by atoms with Crippen molar-refractivity contribution >= 4 is 46.2 Å². The van der Waals surface area contributed by atoms with Crippen molar-refractivity contribution in [3.63, 3.8) is 0 Å². The maximum atomic E-state index is 6.13. The predicted octanol–water partition coefficient (Wildman–Crippen LogP) is 5.05. The van der Waals surface area contributed by atoms with Crippen LogP contribution < -0.4 is 15.4 Å². The van der Waals surface area contributed by atoms with E-state index in [1.165, 1.54) is 0 Å². The molecule has 1 atom stereocenters. The number of anilines is 1. The van der Waals surface area contributed by atoms with Crippen LogP contribution in [0, 0.1) is 0 Å². The summed E-state index contributed by atoms with van der Waals surface area (Å²) in [7, 11) is 1.64. The van der Waals surface area contributed by atoms with Crippen LogP contribution in [0.3, 0.4) is 0 Å². The number of rotatable bonds is 4. The monoisotopic (exact) mass is 354 g/mol. The molecule has 0 aliphatic heterocycles. The fourth-order valence-electron chi connectivity index (χ4n) is 1.95. The van der Waals surface area contributed by atoms with E-state index >= 15 is 0 Å². The molecule has 0 aromatic heterocycles. The molecule has 0 aliphatic rings. The van der Waals surface area contributed by atoms with E-state index in [-0.39, 0.29) is 6.04 Å². The van der Waals surface area contributed by atoms with Crippen molar-refractivity contribution in [3.05, 3.63) is 58.1 Å². The fourth-order valence-corrected chi connectivity index (χ4v) is 2.58. The highest BCUT2D eigenvalue weighted by Gasteiger charge is 2.10. The maximum absolute atomic E-state index is 6.13. The molecule has 22 heavy (non-hydrogen) atoms. The van der Waals surface area contributed by atoms with Crippen LogP contribution >= 0.6 is 35.4 Å². The second-order valence-electron chi connectivity index (χ2n) is 4.70. The Hall–Kier alpha value is -1.49. The number of benzene rings is 2. The average Bonchev–Trinajstić information content (AvgIpc) is 2.51. The molecule has 0 unspecified atom stereocenters. The Bertz CT molecular complexity index is 679. The molecule has 3 nitrogen and oxygen atoms in total. The summed E-state index contributed by atoms with van der Waals surface area (Å²) in [6.07, 6.45) is 0. The first-order valence-electron chi connectivity index (χ1n) is 6.66. The molecule has 0 saturated carbocycles. The largest absolute Gasteiger partial charge is 0.497 e. The number of hydrogen-bond donors (Lipinski definition) is 2. The molecule has 0 bridgehead atoms. The Morgan fingerprint density at radius 2 is 1.91 bits per heavy atom. The van der Waals surface area contributed by atoms with Crippen molar-refractivity contribution in [1.82, 2.24) is 5.32 Å². The summed E-state index contributed by atoms with van der Waals surface area (Å²) in [6.45, 7) is 2.02. The van der Waals surface area contributed by atoms with Crippen molar-refractivity contribution in [2.24, 2.45) is 0 Å². The highest BCUT2D eigenvalue weighted by molar-refractivity contribution is 7.80. The summed E-state index contributed by atoms with van der Waals surface area (Å²) < 4.78 is 5.23. The molecule has 0 saturated heterocycles. The summed E-state index contributed by atoms with van der Waals surface area (Å²) in [6, 6.07) is 13.2. The quantitative estimate of drug-likeness (QED) is 0.752. The van der Waals surface area contributed by atoms with E-state index in [9.17, 15) is 0 Å². The van der Waals surface area contributed by atoms with Gasteiger partial charge in [-0.2, -0.15) is 0 Å². The normalized spacial score (nSPS) is 11.6. The van der Waals surface area contributed by atoms with Crippen LogP contribution in [0.5, 0.6) is 5.75 Å². The van der Waals surface area contributed by atoms with Gasteiger partial charge in [0.15, 0.2) is 5.11 Å². The lowest BCUT2D eigenvalue weighted by Gasteiger charge is -2.18. The van der Waals surface area contributed by atoms with Crippen molar-refractivity contribution in [2.75, 3.05) is 12.4 Å². The van der Waals surface area contributed by atoms with Crippen LogP contribution in [-0.2, 0) is 0 Å². The zero-order valence-electron chi connectivity index (χ0n) is 12.2. The Morgan fingerprint density at radius 1 is 1.18 bits per heavy atom. The number of nitrogens with one attached hydrogen (secondary N) is 2. The smallest absolute Gasteiger partial charge is 0.171 e. The van der Waals surface area contributed by atoms with E-state index in [0.717, 1.165) is 11.3 Å². The second-order valence-corrected chi connectivity index (χ2v) is 5.89. The second kappa shape index (κ2) is 7.68. The Labute approximate surface area is 145 Å². The summed E-state index contributed by atoms with van der Waals surface area (Å²) in [5.74, 6) is 0.808. The lowest BCUT2D eigenvalue weighted by Crippen LogP contribution is -2.31. The third-order valence-electron chi connectivity index (χ3n) is 3.14. The first-order valence-corrected chi connectivity index (χ1v) is 7.83. The van der Waals surface area contributed by atoms with Crippen molar-refractivity contribution in [2.45, 2.75) is 13.0 Å². The lowest BCUT2D eigenvalue weighted by atomic mass is 10.1. The first-order chi connectivity index (χ1) is 10.5. The third-order valence-corrected chi connectivity index (χ3v) is 4.18. The van der Waals surface area contributed by atoms with E-state index in [0.29, 0.717) is 20.8 Å². The molecule has 0 aliphatic carbocycles. The fraction of sp³-hybridized carbons (Fsp3) is 0.188. The van der Waals surface area contributed by atoms with Gasteiger partial charge in [0.1, 0.15) is 5.75 Å². The van der Waals surface area contributed by atoms with Crippen LogP contribution in [0.25, 0.3) is 0 Å². The SMILES string of the molecule is COc1cccc([C@@H](C)NC(=S)Nc2cccc(Cl)c2Cl)c1. The molecule has 116 valence electrons. The van der Waals surface area contributed by atoms with Gasteiger partial charge in [0, 0.05) is 0 Å². The molecule has 2 rings (SSSR count). The highest BCUT2D eigenvalue weighted by Crippen LogP contribution is 2.29.